The van der Waals surface area contributed by atoms with Gasteiger partial charge >= 0.3 is 193 Å². The van der Waals surface area contributed by atoms with E-state index >= 15 is 0 Å². The zero-order valence-electron chi connectivity index (χ0n) is 18.0. The first kappa shape index (κ1) is 23.5. The fourth-order valence-corrected chi connectivity index (χ4v) is 7.31. The van der Waals surface area contributed by atoms with E-state index in [9.17, 15) is 8.42 Å². The second-order valence-corrected chi connectivity index (χ2v) is 11.7. The molecular weight excluding hydrogens is 469 g/mol. The number of hydrogen-bond acceptors (Lipinski definition) is 2. The predicted octanol–water partition coefficient (Wildman–Crippen LogP) is 4.90. The van der Waals surface area contributed by atoms with Gasteiger partial charge in [-0.25, -0.2) is 0 Å². The average Bonchev–Trinajstić information content (AvgIpc) is 2.78. The number of unbranched alkanes of at least 4 members (excludes halogenated alkanes) is 1. The third-order valence-corrected chi connectivity index (χ3v) is 9.19. The summed E-state index contributed by atoms with van der Waals surface area (Å²) in [4.78, 5) is 0.0504. The fourth-order valence-electron chi connectivity index (χ4n) is 3.16. The average molecular weight is 499 g/mol. The molecule has 1 atom stereocenters. The van der Waals surface area contributed by atoms with Crippen molar-refractivity contribution in [2.75, 3.05) is 0 Å². The van der Waals surface area contributed by atoms with E-state index in [0.717, 1.165) is 36.0 Å². The van der Waals surface area contributed by atoms with E-state index in [4.69, 9.17) is 0 Å². The van der Waals surface area contributed by atoms with Gasteiger partial charge in [0.05, 0.1) is 0 Å². The van der Waals surface area contributed by atoms with E-state index in [1.54, 1.807) is 12.1 Å². The maximum atomic E-state index is 13.2. The summed E-state index contributed by atoms with van der Waals surface area (Å²) >= 11 is -0.0899. The van der Waals surface area contributed by atoms with Gasteiger partial charge in [0.1, 0.15) is 0 Å². The molecule has 0 aromatic heterocycles. The first-order valence-corrected chi connectivity index (χ1v) is 13.9. The molecule has 0 fully saturated rings. The summed E-state index contributed by atoms with van der Waals surface area (Å²) in [6, 6.07) is 27.3. The van der Waals surface area contributed by atoms with Gasteiger partial charge in [-0.3, -0.25) is 0 Å². The van der Waals surface area contributed by atoms with Gasteiger partial charge in [0, 0.05) is 0 Å². The van der Waals surface area contributed by atoms with Crippen LogP contribution in [0.3, 0.4) is 0 Å². The number of sulfonamides is 1. The molecule has 0 aliphatic carbocycles. The van der Waals surface area contributed by atoms with Gasteiger partial charge in [-0.15, -0.1) is 0 Å². The standard InChI is InChI=1S/C26H29NO2SSe/c1-3-4-13-23(20-22-11-7-5-8-12-22)26(31-25-14-9-6-10-15-25)27-30(28,29)24-18-16-21(2)17-19-24/h5-12,14-20,26-27H,3-4,13H2,1-2H3/b23-20+. The van der Waals surface area contributed by atoms with E-state index in [0.29, 0.717) is 4.90 Å². The molecule has 5 heteroatoms. The van der Waals surface area contributed by atoms with Crippen LogP contribution in [0.15, 0.2) is 95.4 Å². The third-order valence-electron chi connectivity index (χ3n) is 4.90. The molecule has 0 heterocycles. The zero-order valence-corrected chi connectivity index (χ0v) is 20.5. The van der Waals surface area contributed by atoms with E-state index in [1.807, 2.05) is 55.5 Å². The molecular formula is C26H29NO2SSe. The summed E-state index contributed by atoms with van der Waals surface area (Å²) in [7, 11) is -3.63. The molecule has 31 heavy (non-hydrogen) atoms. The normalized spacial score (nSPS) is 13.2. The second-order valence-electron chi connectivity index (χ2n) is 7.48. The SMILES string of the molecule is CCCC/C(=C\c1ccccc1)C(NS(=O)(=O)c1ccc(C)cc1)[Se]c1ccccc1. The first-order chi connectivity index (χ1) is 15.0. The quantitative estimate of drug-likeness (QED) is 0.404. The van der Waals surface area contributed by atoms with Gasteiger partial charge in [0.15, 0.2) is 0 Å². The Labute approximate surface area is 192 Å². The van der Waals surface area contributed by atoms with Crippen LogP contribution in [0.5, 0.6) is 0 Å². The molecule has 162 valence electrons. The number of benzene rings is 3. The number of nitrogens with one attached hydrogen (secondary N) is 1. The van der Waals surface area contributed by atoms with Gasteiger partial charge < -0.3 is 0 Å². The summed E-state index contributed by atoms with van der Waals surface area (Å²) in [5, 5.41) is 0. The molecule has 0 aliphatic heterocycles. The van der Waals surface area contributed by atoms with Crippen LogP contribution in [0.25, 0.3) is 6.08 Å². The summed E-state index contributed by atoms with van der Waals surface area (Å²) in [5.74, 6) is 0. The van der Waals surface area contributed by atoms with Gasteiger partial charge in [-0.05, 0) is 0 Å². The van der Waals surface area contributed by atoms with Gasteiger partial charge in [-0.1, -0.05) is 0 Å². The van der Waals surface area contributed by atoms with Crippen molar-refractivity contribution in [2.45, 2.75) is 42.9 Å². The van der Waals surface area contributed by atoms with Crippen molar-refractivity contribution < 1.29 is 8.42 Å². The van der Waals surface area contributed by atoms with Crippen molar-refractivity contribution in [1.29, 1.82) is 0 Å². The first-order valence-electron chi connectivity index (χ1n) is 10.5. The van der Waals surface area contributed by atoms with Crippen molar-refractivity contribution in [1.82, 2.24) is 4.72 Å². The van der Waals surface area contributed by atoms with Crippen LogP contribution in [0.2, 0.25) is 0 Å². The van der Waals surface area contributed by atoms with Crippen molar-refractivity contribution in [2.24, 2.45) is 0 Å². The molecule has 3 nitrogen and oxygen atoms in total. The summed E-state index contributed by atoms with van der Waals surface area (Å²) in [6.45, 7) is 4.12. The summed E-state index contributed by atoms with van der Waals surface area (Å²) < 4.78 is 30.7. The molecule has 0 spiro atoms. The third kappa shape index (κ3) is 7.19. The molecule has 1 N–H and O–H groups in total. The van der Waals surface area contributed by atoms with Crippen LogP contribution >= 0.6 is 0 Å². The minimum atomic E-state index is -3.63. The molecule has 3 rings (SSSR count). The van der Waals surface area contributed by atoms with Gasteiger partial charge in [0.25, 0.3) is 0 Å². The van der Waals surface area contributed by atoms with Crippen molar-refractivity contribution in [3.8, 4) is 0 Å². The summed E-state index contributed by atoms with van der Waals surface area (Å²) in [5.41, 5.74) is 3.27. The summed E-state index contributed by atoms with van der Waals surface area (Å²) in [6.07, 6.45) is 5.10. The molecule has 1 unspecified atom stereocenters. The molecule has 3 aromatic rings. The number of aryl methyl sites for hydroxylation is 1. The Bertz CT molecular complexity index is 1080. The van der Waals surface area contributed by atoms with Crippen LogP contribution in [0.1, 0.15) is 37.3 Å². The van der Waals surface area contributed by atoms with Gasteiger partial charge in [0.2, 0.25) is 0 Å². The maximum absolute atomic E-state index is 13.2. The van der Waals surface area contributed by atoms with Gasteiger partial charge in [-0.2, -0.15) is 0 Å². The number of rotatable bonds is 10. The molecule has 0 radical (unpaired) electrons. The minimum absolute atomic E-state index is 0.0899. The molecule has 0 amide bonds. The van der Waals surface area contributed by atoms with E-state index in [1.165, 1.54) is 4.46 Å². The van der Waals surface area contributed by atoms with Crippen LogP contribution in [-0.4, -0.2) is 28.3 Å². The van der Waals surface area contributed by atoms with Crippen LogP contribution < -0.4 is 9.18 Å². The van der Waals surface area contributed by atoms with E-state index < -0.39 is 10.0 Å². The monoisotopic (exact) mass is 499 g/mol. The second kappa shape index (κ2) is 11.4. The molecule has 0 bridgehead atoms. The van der Waals surface area contributed by atoms with Crippen molar-refractivity contribution in [3.05, 3.63) is 102 Å². The van der Waals surface area contributed by atoms with Crippen LogP contribution in [-0.2, 0) is 10.0 Å². The molecule has 0 saturated carbocycles. The topological polar surface area (TPSA) is 46.2 Å². The van der Waals surface area contributed by atoms with Crippen molar-refractivity contribution >= 4 is 35.5 Å². The molecule has 0 saturated heterocycles. The Kier molecular flexibility index (Phi) is 8.68. The number of hydrogen-bond donors (Lipinski definition) is 1. The van der Waals surface area contributed by atoms with Crippen molar-refractivity contribution in [3.63, 3.8) is 0 Å². The van der Waals surface area contributed by atoms with Crippen LogP contribution in [0, 0.1) is 6.92 Å². The van der Waals surface area contributed by atoms with E-state index in [-0.39, 0.29) is 19.9 Å². The Morgan fingerprint density at radius 2 is 1.55 bits per heavy atom. The molecule has 3 aromatic carbocycles. The Morgan fingerprint density at radius 1 is 0.935 bits per heavy atom. The zero-order chi connectivity index (χ0) is 22.1. The van der Waals surface area contributed by atoms with Crippen LogP contribution in [0.4, 0.5) is 0 Å². The Morgan fingerprint density at radius 3 is 2.16 bits per heavy atom. The molecule has 0 aliphatic rings. The van der Waals surface area contributed by atoms with E-state index in [2.05, 4.69) is 42.0 Å². The fraction of sp³-hybridized carbons (Fsp3) is 0.231. The Balaban J connectivity index is 1.98. The Hall–Kier alpha value is -2.17. The predicted molar refractivity (Wildman–Crippen MR) is 131 cm³/mol.